The van der Waals surface area contributed by atoms with Gasteiger partial charge in [0.2, 0.25) is 0 Å². The first kappa shape index (κ1) is 27.9. The maximum atomic E-state index is 13.7. The van der Waals surface area contributed by atoms with Gasteiger partial charge in [0.15, 0.2) is 5.60 Å². The minimum atomic E-state index is -1.96. The molecule has 0 bridgehead atoms. The highest BCUT2D eigenvalue weighted by Crippen LogP contribution is 2.47. The topological polar surface area (TPSA) is 135 Å². The van der Waals surface area contributed by atoms with Crippen molar-refractivity contribution in [2.24, 2.45) is 5.92 Å². The normalized spacial score (nSPS) is 18.0. The van der Waals surface area contributed by atoms with Crippen LogP contribution in [0.3, 0.4) is 0 Å². The van der Waals surface area contributed by atoms with E-state index in [1.54, 1.807) is 23.9 Å². The molecule has 3 aromatic carbocycles. The number of aliphatic hydroxyl groups is 2. The minimum Gasteiger partial charge on any atom is -0.395 e. The van der Waals surface area contributed by atoms with Gasteiger partial charge in [-0.15, -0.1) is 5.10 Å². The summed E-state index contributed by atoms with van der Waals surface area (Å²) in [5, 5.41) is 41.7. The second-order valence-electron chi connectivity index (χ2n) is 10.2. The van der Waals surface area contributed by atoms with Crippen LogP contribution in [0.4, 0.5) is 11.4 Å². The molecule has 10 heteroatoms. The number of carbonyl (C=O) groups is 1. The van der Waals surface area contributed by atoms with Crippen molar-refractivity contribution >= 4 is 17.3 Å². The van der Waals surface area contributed by atoms with E-state index in [-0.39, 0.29) is 30.3 Å². The van der Waals surface area contributed by atoms with Crippen LogP contribution in [-0.2, 0) is 23.5 Å². The van der Waals surface area contributed by atoms with Gasteiger partial charge < -0.3 is 15.1 Å². The summed E-state index contributed by atoms with van der Waals surface area (Å²) < 4.78 is 1.69. The van der Waals surface area contributed by atoms with E-state index in [9.17, 15) is 25.1 Å². The SMILES string of the molecule is C[C@@H](/C=C/CCn1cc(C(CO)c2ccccc2)nn1)[C@]1(O)C(=O)N(Cc2ccccc2)c2ccc([N+](=O)[O-])cc21. The van der Waals surface area contributed by atoms with Crippen molar-refractivity contribution in [1.82, 2.24) is 15.0 Å². The van der Waals surface area contributed by atoms with Crippen LogP contribution < -0.4 is 4.90 Å². The summed E-state index contributed by atoms with van der Waals surface area (Å²) in [5.74, 6) is -1.46. The molecule has 1 unspecified atom stereocenters. The van der Waals surface area contributed by atoms with Crippen LogP contribution in [0.5, 0.6) is 0 Å². The Morgan fingerprint density at radius 1 is 1.07 bits per heavy atom. The third-order valence-corrected chi connectivity index (χ3v) is 7.55. The van der Waals surface area contributed by atoms with E-state index in [2.05, 4.69) is 10.3 Å². The van der Waals surface area contributed by atoms with Gasteiger partial charge >= 0.3 is 0 Å². The molecule has 0 fully saturated rings. The van der Waals surface area contributed by atoms with Gasteiger partial charge in [-0.05, 0) is 23.6 Å². The molecule has 210 valence electrons. The third kappa shape index (κ3) is 5.52. The molecule has 0 spiro atoms. The number of nitrogens with zero attached hydrogens (tertiary/aromatic N) is 5. The van der Waals surface area contributed by atoms with Gasteiger partial charge in [-0.1, -0.05) is 85.0 Å². The summed E-state index contributed by atoms with van der Waals surface area (Å²) in [6.45, 7) is 2.36. The molecule has 2 N–H and O–H groups in total. The van der Waals surface area contributed by atoms with Crippen LogP contribution in [0.25, 0.3) is 0 Å². The number of nitro benzene ring substituents is 1. The highest BCUT2D eigenvalue weighted by Gasteiger charge is 2.53. The summed E-state index contributed by atoms with van der Waals surface area (Å²) in [5.41, 5.74) is 1.02. The van der Waals surface area contributed by atoms with Crippen molar-refractivity contribution < 1.29 is 19.9 Å². The Morgan fingerprint density at radius 2 is 1.78 bits per heavy atom. The second-order valence-corrected chi connectivity index (χ2v) is 10.2. The summed E-state index contributed by atoms with van der Waals surface area (Å²) >= 11 is 0. The third-order valence-electron chi connectivity index (χ3n) is 7.55. The number of aryl methyl sites for hydroxylation is 1. The number of benzene rings is 3. The number of anilines is 1. The maximum Gasteiger partial charge on any atom is 0.269 e. The zero-order chi connectivity index (χ0) is 29.0. The average molecular weight is 554 g/mol. The van der Waals surface area contributed by atoms with Gasteiger partial charge in [0, 0.05) is 36.4 Å². The van der Waals surface area contributed by atoms with Crippen LogP contribution in [0.15, 0.2) is 97.2 Å². The lowest BCUT2D eigenvalue weighted by molar-refractivity contribution is -0.385. The van der Waals surface area contributed by atoms with Gasteiger partial charge in [-0.2, -0.15) is 0 Å². The number of rotatable bonds is 11. The lowest BCUT2D eigenvalue weighted by atomic mass is 9.82. The van der Waals surface area contributed by atoms with Crippen LogP contribution in [-0.4, -0.2) is 42.6 Å². The average Bonchev–Trinajstić information content (AvgIpc) is 3.54. The van der Waals surface area contributed by atoms with E-state index in [1.807, 2.05) is 66.7 Å². The molecule has 1 aliphatic rings. The van der Waals surface area contributed by atoms with Gasteiger partial charge in [0.25, 0.3) is 11.6 Å². The number of amides is 1. The quantitative estimate of drug-likeness (QED) is 0.160. The second kappa shape index (κ2) is 11.8. The summed E-state index contributed by atoms with van der Waals surface area (Å²) in [6, 6.07) is 23.2. The number of hydrogen-bond acceptors (Lipinski definition) is 7. The molecule has 0 saturated carbocycles. The van der Waals surface area contributed by atoms with E-state index in [0.717, 1.165) is 11.1 Å². The van der Waals surface area contributed by atoms with E-state index in [0.29, 0.717) is 24.3 Å². The molecule has 1 aliphatic heterocycles. The first-order valence-electron chi connectivity index (χ1n) is 13.4. The lowest BCUT2D eigenvalue weighted by Gasteiger charge is -2.27. The van der Waals surface area contributed by atoms with Gasteiger partial charge in [0.1, 0.15) is 0 Å². The van der Waals surface area contributed by atoms with E-state index < -0.39 is 22.3 Å². The first-order valence-corrected chi connectivity index (χ1v) is 13.4. The molecule has 0 saturated heterocycles. The predicted molar refractivity (Wildman–Crippen MR) is 153 cm³/mol. The lowest BCUT2D eigenvalue weighted by Crippen LogP contribution is -2.44. The predicted octanol–water partition coefficient (Wildman–Crippen LogP) is 4.33. The van der Waals surface area contributed by atoms with Crippen molar-refractivity contribution in [3.63, 3.8) is 0 Å². The van der Waals surface area contributed by atoms with Gasteiger partial charge in [0.05, 0.1) is 35.4 Å². The van der Waals surface area contributed by atoms with E-state index in [1.165, 1.54) is 23.1 Å². The Bertz CT molecular complexity index is 1560. The molecule has 41 heavy (non-hydrogen) atoms. The number of aromatic nitrogens is 3. The number of aliphatic hydroxyl groups excluding tert-OH is 1. The molecule has 1 amide bonds. The number of fused-ring (bicyclic) bond motifs is 1. The zero-order valence-electron chi connectivity index (χ0n) is 22.6. The fraction of sp³-hybridized carbons (Fsp3) is 0.258. The molecule has 4 aromatic rings. The molecule has 0 aliphatic carbocycles. The Kier molecular flexibility index (Phi) is 8.04. The molecule has 5 rings (SSSR count). The standard InChI is InChI=1S/C31H31N5O5/c1-22(10-8-9-17-34-20-28(32-33-34)26(21-37)24-13-6-3-7-14-24)31(39)27-18-25(36(40)41)15-16-29(27)35(30(31)38)19-23-11-4-2-5-12-23/h2-8,10-16,18,20,22,26,37,39H,9,17,19,21H2,1H3/b10-8+/t22-,26?,31+/m0/s1. The van der Waals surface area contributed by atoms with E-state index in [4.69, 9.17) is 0 Å². The van der Waals surface area contributed by atoms with Gasteiger partial charge in [-0.25, -0.2) is 0 Å². The fourth-order valence-corrected chi connectivity index (χ4v) is 5.26. The summed E-state index contributed by atoms with van der Waals surface area (Å²) in [7, 11) is 0. The smallest absolute Gasteiger partial charge is 0.269 e. The van der Waals surface area contributed by atoms with Crippen molar-refractivity contribution in [3.05, 3.63) is 130 Å². The summed E-state index contributed by atoms with van der Waals surface area (Å²) in [4.78, 5) is 26.2. The fourth-order valence-electron chi connectivity index (χ4n) is 5.26. The van der Waals surface area contributed by atoms with Crippen LogP contribution in [0, 0.1) is 16.0 Å². The number of nitro groups is 1. The molecule has 3 atom stereocenters. The Hall–Kier alpha value is -4.67. The summed E-state index contributed by atoms with van der Waals surface area (Å²) in [6.07, 6.45) is 5.96. The van der Waals surface area contributed by atoms with Crippen molar-refractivity contribution in [2.45, 2.75) is 38.0 Å². The monoisotopic (exact) mass is 553 g/mol. The van der Waals surface area contributed by atoms with Gasteiger partial charge in [-0.3, -0.25) is 19.6 Å². The minimum absolute atomic E-state index is 0.0896. The van der Waals surface area contributed by atoms with Crippen LogP contribution >= 0.6 is 0 Å². The van der Waals surface area contributed by atoms with Crippen LogP contribution in [0.1, 0.15) is 41.6 Å². The number of allylic oxidation sites excluding steroid dienone is 1. The van der Waals surface area contributed by atoms with Crippen molar-refractivity contribution in [3.8, 4) is 0 Å². The Labute approximate surface area is 237 Å². The largest absolute Gasteiger partial charge is 0.395 e. The van der Waals surface area contributed by atoms with Crippen molar-refractivity contribution in [1.29, 1.82) is 0 Å². The number of carbonyl (C=O) groups excluding carboxylic acids is 1. The molecule has 0 radical (unpaired) electrons. The highest BCUT2D eigenvalue weighted by molar-refractivity contribution is 6.07. The molecular formula is C31H31N5O5. The molecule has 2 heterocycles. The molecule has 1 aromatic heterocycles. The molecule has 10 nitrogen and oxygen atoms in total. The van der Waals surface area contributed by atoms with Crippen molar-refractivity contribution in [2.75, 3.05) is 11.5 Å². The zero-order valence-corrected chi connectivity index (χ0v) is 22.6. The molecular weight excluding hydrogens is 522 g/mol. The first-order chi connectivity index (χ1) is 19.8. The Balaban J connectivity index is 1.32. The Morgan fingerprint density at radius 3 is 2.46 bits per heavy atom. The maximum absolute atomic E-state index is 13.7. The number of hydrogen-bond donors (Lipinski definition) is 2. The van der Waals surface area contributed by atoms with E-state index >= 15 is 0 Å². The highest BCUT2D eigenvalue weighted by atomic mass is 16.6. The number of non-ortho nitro benzene ring substituents is 1. The van der Waals surface area contributed by atoms with Crippen LogP contribution in [0.2, 0.25) is 0 Å².